The molecule has 10 heteroatoms. The smallest absolute Gasteiger partial charge is 0.263 e. The number of rotatable bonds is 7. The zero-order valence-corrected chi connectivity index (χ0v) is 21.0. The molecule has 2 N–H and O–H groups in total. The number of para-hydroxylation sites is 1. The Balaban J connectivity index is 1.39. The Labute approximate surface area is 223 Å². The van der Waals surface area contributed by atoms with Gasteiger partial charge in [-0.15, -0.1) is 0 Å². The molecule has 3 heterocycles. The first-order valence-electron chi connectivity index (χ1n) is 12.0. The molecule has 1 fully saturated rings. The largest absolute Gasteiger partial charge is 0.457 e. The number of nitrogens with one attached hydrogen (secondary N) is 2. The summed E-state index contributed by atoms with van der Waals surface area (Å²) in [5.41, 5.74) is 1.08. The van der Waals surface area contributed by atoms with E-state index in [0.717, 1.165) is 12.8 Å². The minimum atomic E-state index is -0.376. The number of ether oxygens (including phenoxy) is 1. The van der Waals surface area contributed by atoms with Crippen molar-refractivity contribution in [2.24, 2.45) is 0 Å². The molecule has 1 aliphatic heterocycles. The molecule has 2 aromatic carbocycles. The summed E-state index contributed by atoms with van der Waals surface area (Å²) in [6.45, 7) is 4.46. The maximum absolute atomic E-state index is 13.6. The highest BCUT2D eigenvalue weighted by molar-refractivity contribution is 6.35. The van der Waals surface area contributed by atoms with Gasteiger partial charge in [0.05, 0.1) is 16.0 Å². The standard InChI is InChI=1S/C28H23ClN6O3/c1-17(13-30)28(37)35-11-5-6-18(15-35)34-27-24-22(14-31-26(24)32-16-33-27)25(36)21-10-9-20(12-23(21)29)38-19-7-3-2-4-8-19/h2-4,7-10,12,14,16,18H,1,5-6,11,15H2,(H2,31,32,33,34). The number of nitriles is 1. The summed E-state index contributed by atoms with van der Waals surface area (Å²) in [7, 11) is 0. The summed E-state index contributed by atoms with van der Waals surface area (Å²) < 4.78 is 5.82. The van der Waals surface area contributed by atoms with Crippen LogP contribution >= 0.6 is 11.6 Å². The number of carbonyl (C=O) groups is 2. The molecule has 0 saturated carbocycles. The van der Waals surface area contributed by atoms with Crippen LogP contribution in [0.3, 0.4) is 0 Å². The summed E-state index contributed by atoms with van der Waals surface area (Å²) in [6, 6.07) is 15.9. The van der Waals surface area contributed by atoms with Crippen LogP contribution in [0.1, 0.15) is 28.8 Å². The van der Waals surface area contributed by atoms with E-state index in [1.807, 2.05) is 36.4 Å². The number of likely N-dealkylation sites (tertiary alicyclic amines) is 1. The third kappa shape index (κ3) is 5.08. The molecule has 190 valence electrons. The fourth-order valence-electron chi connectivity index (χ4n) is 4.48. The van der Waals surface area contributed by atoms with Crippen LogP contribution in [-0.4, -0.2) is 50.7 Å². The van der Waals surface area contributed by atoms with Crippen molar-refractivity contribution in [3.63, 3.8) is 0 Å². The average Bonchev–Trinajstić information content (AvgIpc) is 3.38. The van der Waals surface area contributed by atoms with E-state index in [1.54, 1.807) is 29.3 Å². The minimum Gasteiger partial charge on any atom is -0.457 e. The van der Waals surface area contributed by atoms with Crippen molar-refractivity contribution in [2.75, 3.05) is 18.4 Å². The summed E-state index contributed by atoms with van der Waals surface area (Å²) in [6.07, 6.45) is 4.53. The summed E-state index contributed by atoms with van der Waals surface area (Å²) in [5, 5.41) is 13.2. The van der Waals surface area contributed by atoms with E-state index >= 15 is 0 Å². The number of H-pyrrole nitrogens is 1. The molecule has 0 radical (unpaired) electrons. The Kier molecular flexibility index (Phi) is 7.07. The van der Waals surface area contributed by atoms with Crippen LogP contribution in [0.2, 0.25) is 5.02 Å². The van der Waals surface area contributed by atoms with Crippen molar-refractivity contribution in [3.8, 4) is 17.6 Å². The van der Waals surface area contributed by atoms with Gasteiger partial charge in [0.25, 0.3) is 5.91 Å². The van der Waals surface area contributed by atoms with Crippen molar-refractivity contribution in [2.45, 2.75) is 18.9 Å². The lowest BCUT2D eigenvalue weighted by Gasteiger charge is -2.33. The Bertz CT molecular complexity index is 1580. The topological polar surface area (TPSA) is 124 Å². The highest BCUT2D eigenvalue weighted by Gasteiger charge is 2.27. The number of benzene rings is 2. The second-order valence-corrected chi connectivity index (χ2v) is 9.27. The molecule has 1 aliphatic rings. The zero-order chi connectivity index (χ0) is 26.6. The zero-order valence-electron chi connectivity index (χ0n) is 20.3. The number of piperidine rings is 1. The molecular formula is C28H23ClN6O3. The number of hydrogen-bond acceptors (Lipinski definition) is 7. The Hall–Kier alpha value is -4.68. The molecule has 38 heavy (non-hydrogen) atoms. The maximum atomic E-state index is 13.6. The van der Waals surface area contributed by atoms with Crippen LogP contribution in [0.25, 0.3) is 11.0 Å². The number of anilines is 1. The SMILES string of the molecule is C=C(C#N)C(=O)N1CCCC(Nc2ncnc3[nH]cc(C(=O)c4ccc(Oc5ccccc5)cc4Cl)c23)C1. The molecule has 4 aromatic rings. The third-order valence-electron chi connectivity index (χ3n) is 6.32. The number of halogens is 1. The van der Waals surface area contributed by atoms with Crippen molar-refractivity contribution >= 4 is 40.1 Å². The van der Waals surface area contributed by atoms with Crippen LogP contribution in [-0.2, 0) is 4.79 Å². The van der Waals surface area contributed by atoms with Gasteiger partial charge in [-0.3, -0.25) is 9.59 Å². The molecule has 1 saturated heterocycles. The average molecular weight is 527 g/mol. The third-order valence-corrected chi connectivity index (χ3v) is 6.63. The number of nitrogens with zero attached hydrogens (tertiary/aromatic N) is 4. The molecule has 5 rings (SSSR count). The van der Waals surface area contributed by atoms with Crippen LogP contribution in [0, 0.1) is 11.3 Å². The number of hydrogen-bond donors (Lipinski definition) is 2. The van der Waals surface area contributed by atoms with Crippen LogP contribution in [0.4, 0.5) is 5.82 Å². The fourth-order valence-corrected chi connectivity index (χ4v) is 4.73. The number of carbonyl (C=O) groups excluding carboxylic acids is 2. The molecule has 2 aromatic heterocycles. The second-order valence-electron chi connectivity index (χ2n) is 8.86. The van der Waals surface area contributed by atoms with Gasteiger partial charge in [-0.1, -0.05) is 36.4 Å². The molecule has 1 amide bonds. The first-order chi connectivity index (χ1) is 18.4. The summed E-state index contributed by atoms with van der Waals surface area (Å²) >= 11 is 6.51. The van der Waals surface area contributed by atoms with E-state index in [-0.39, 0.29) is 28.3 Å². The van der Waals surface area contributed by atoms with Gasteiger partial charge in [-0.05, 0) is 37.1 Å². The van der Waals surface area contributed by atoms with E-state index in [0.29, 0.717) is 52.6 Å². The lowest BCUT2D eigenvalue weighted by atomic mass is 10.0. The summed E-state index contributed by atoms with van der Waals surface area (Å²) in [5.74, 6) is 0.970. The fraction of sp³-hybridized carbons (Fsp3) is 0.179. The molecule has 9 nitrogen and oxygen atoms in total. The monoisotopic (exact) mass is 526 g/mol. The Morgan fingerprint density at radius 2 is 1.97 bits per heavy atom. The van der Waals surface area contributed by atoms with Gasteiger partial charge >= 0.3 is 0 Å². The van der Waals surface area contributed by atoms with Crippen LogP contribution in [0.5, 0.6) is 11.5 Å². The molecule has 0 spiro atoms. The summed E-state index contributed by atoms with van der Waals surface area (Å²) in [4.78, 5) is 39.3. The Morgan fingerprint density at radius 1 is 1.16 bits per heavy atom. The molecule has 1 unspecified atom stereocenters. The van der Waals surface area contributed by atoms with E-state index in [1.165, 1.54) is 6.33 Å². The van der Waals surface area contributed by atoms with Crippen LogP contribution in [0.15, 0.2) is 73.2 Å². The number of ketones is 1. The normalized spacial score (nSPS) is 15.1. The first-order valence-corrected chi connectivity index (χ1v) is 12.4. The first kappa shape index (κ1) is 25.0. The molecular weight excluding hydrogens is 504 g/mol. The lowest BCUT2D eigenvalue weighted by Crippen LogP contribution is -2.45. The van der Waals surface area contributed by atoms with Gasteiger partial charge in [0.1, 0.15) is 40.9 Å². The number of fused-ring (bicyclic) bond motifs is 1. The van der Waals surface area contributed by atoms with Gasteiger partial charge in [-0.2, -0.15) is 5.26 Å². The quantitative estimate of drug-likeness (QED) is 0.194. The highest BCUT2D eigenvalue weighted by Crippen LogP contribution is 2.32. The van der Waals surface area contributed by atoms with Crippen molar-refractivity contribution in [1.82, 2.24) is 19.9 Å². The number of amides is 1. The number of aromatic nitrogens is 3. The minimum absolute atomic E-state index is 0.0920. The van der Waals surface area contributed by atoms with E-state index < -0.39 is 0 Å². The predicted molar refractivity (Wildman–Crippen MR) is 143 cm³/mol. The predicted octanol–water partition coefficient (Wildman–Crippen LogP) is 5.12. The van der Waals surface area contributed by atoms with Crippen molar-refractivity contribution in [3.05, 3.63) is 89.4 Å². The molecule has 0 bridgehead atoms. The Morgan fingerprint density at radius 3 is 2.74 bits per heavy atom. The van der Waals surface area contributed by atoms with Crippen molar-refractivity contribution < 1.29 is 14.3 Å². The van der Waals surface area contributed by atoms with Gasteiger partial charge in [0.2, 0.25) is 0 Å². The maximum Gasteiger partial charge on any atom is 0.263 e. The van der Waals surface area contributed by atoms with Gasteiger partial charge in [0.15, 0.2) is 5.78 Å². The molecule has 1 atom stereocenters. The van der Waals surface area contributed by atoms with Gasteiger partial charge in [0, 0.05) is 37.0 Å². The second kappa shape index (κ2) is 10.7. The van der Waals surface area contributed by atoms with E-state index in [4.69, 9.17) is 21.6 Å². The van der Waals surface area contributed by atoms with Crippen molar-refractivity contribution in [1.29, 1.82) is 5.26 Å². The van der Waals surface area contributed by atoms with E-state index in [2.05, 4.69) is 26.8 Å². The van der Waals surface area contributed by atoms with Gasteiger partial charge < -0.3 is 19.9 Å². The highest BCUT2D eigenvalue weighted by atomic mass is 35.5. The van der Waals surface area contributed by atoms with Gasteiger partial charge in [-0.25, -0.2) is 9.97 Å². The number of aromatic amines is 1. The lowest BCUT2D eigenvalue weighted by molar-refractivity contribution is -0.127. The van der Waals surface area contributed by atoms with E-state index in [9.17, 15) is 9.59 Å². The van der Waals surface area contributed by atoms with Crippen LogP contribution < -0.4 is 10.1 Å². The molecule has 0 aliphatic carbocycles.